The topological polar surface area (TPSA) is 124 Å². The molecule has 2 heterocycles. The quantitative estimate of drug-likeness (QED) is 0.180. The molecule has 2 aromatic heterocycles. The third-order valence-corrected chi connectivity index (χ3v) is 6.59. The van der Waals surface area contributed by atoms with E-state index in [1.54, 1.807) is 0 Å². The zero-order valence-corrected chi connectivity index (χ0v) is 22.2. The Morgan fingerprint density at radius 1 is 0.550 bits per heavy atom. The van der Waals surface area contributed by atoms with Gasteiger partial charge in [0.05, 0.1) is 11.4 Å². The number of aromatic nitrogens is 2. The van der Waals surface area contributed by atoms with E-state index in [4.69, 9.17) is 9.97 Å². The molecular formula is C32H34N4O4. The summed E-state index contributed by atoms with van der Waals surface area (Å²) in [6.45, 7) is 0.704. The maximum Gasteiger partial charge on any atom is 0.321 e. The number of nitrogens with zero attached hydrogens (tertiary/aromatic N) is 2. The van der Waals surface area contributed by atoms with Crippen LogP contribution in [0.2, 0.25) is 0 Å². The summed E-state index contributed by atoms with van der Waals surface area (Å²) in [5.41, 5.74) is 5.27. The molecule has 0 aliphatic rings. The summed E-state index contributed by atoms with van der Waals surface area (Å²) in [6, 6.07) is 29.2. The van der Waals surface area contributed by atoms with Gasteiger partial charge in [0.2, 0.25) is 0 Å². The Kier molecular flexibility index (Phi) is 10.5. The zero-order chi connectivity index (χ0) is 28.2. The van der Waals surface area contributed by atoms with Gasteiger partial charge in [-0.15, -0.1) is 0 Å². The molecule has 0 amide bonds. The van der Waals surface area contributed by atoms with E-state index < -0.39 is 24.0 Å². The first kappa shape index (κ1) is 28.6. The Labute approximate surface area is 234 Å². The molecule has 0 aliphatic heterocycles. The molecule has 2 aromatic carbocycles. The first-order chi connectivity index (χ1) is 19.5. The molecule has 0 fully saturated rings. The molecule has 4 rings (SSSR count). The maximum atomic E-state index is 11.8. The predicted octanol–water partition coefficient (Wildman–Crippen LogP) is 3.83. The van der Waals surface area contributed by atoms with Crippen LogP contribution in [0.25, 0.3) is 0 Å². The van der Waals surface area contributed by atoms with Crippen LogP contribution in [0.5, 0.6) is 0 Å². The molecule has 0 radical (unpaired) electrons. The van der Waals surface area contributed by atoms with Crippen molar-refractivity contribution >= 4 is 11.9 Å². The number of hydrogen-bond acceptors (Lipinski definition) is 6. The van der Waals surface area contributed by atoms with Crippen molar-refractivity contribution in [3.63, 3.8) is 0 Å². The van der Waals surface area contributed by atoms with E-state index in [0.717, 1.165) is 33.9 Å². The van der Waals surface area contributed by atoms with Crippen molar-refractivity contribution < 1.29 is 19.8 Å². The van der Waals surface area contributed by atoms with Gasteiger partial charge >= 0.3 is 11.9 Å². The third kappa shape index (κ3) is 9.11. The first-order valence-corrected chi connectivity index (χ1v) is 13.4. The van der Waals surface area contributed by atoms with Gasteiger partial charge in [-0.05, 0) is 61.1 Å². The number of carbonyl (C=O) groups is 2. The Morgan fingerprint density at radius 2 is 0.925 bits per heavy atom. The zero-order valence-electron chi connectivity index (χ0n) is 22.2. The van der Waals surface area contributed by atoms with Gasteiger partial charge < -0.3 is 10.2 Å². The van der Waals surface area contributed by atoms with Gasteiger partial charge in [0.25, 0.3) is 0 Å². The van der Waals surface area contributed by atoms with Crippen molar-refractivity contribution in [3.8, 4) is 0 Å². The molecule has 2 atom stereocenters. The molecule has 40 heavy (non-hydrogen) atoms. The number of nitrogens with one attached hydrogen (secondary N) is 2. The number of aryl methyl sites for hydroxylation is 2. The highest BCUT2D eigenvalue weighted by Gasteiger charge is 2.18. The fraction of sp³-hybridized carbons (Fsp3) is 0.250. The summed E-state index contributed by atoms with van der Waals surface area (Å²) in [6.07, 6.45) is 2.14. The first-order valence-electron chi connectivity index (χ1n) is 13.4. The van der Waals surface area contributed by atoms with E-state index in [0.29, 0.717) is 38.8 Å². The summed E-state index contributed by atoms with van der Waals surface area (Å²) in [4.78, 5) is 32.9. The van der Waals surface area contributed by atoms with Gasteiger partial charge in [-0.25, -0.2) is 0 Å². The second-order valence-corrected chi connectivity index (χ2v) is 9.66. The lowest BCUT2D eigenvalue weighted by atomic mass is 10.1. The highest BCUT2D eigenvalue weighted by molar-refractivity contribution is 5.74. The number of pyridine rings is 2. The van der Waals surface area contributed by atoms with Gasteiger partial charge in [0, 0.05) is 24.5 Å². The van der Waals surface area contributed by atoms with Crippen LogP contribution in [0, 0.1) is 0 Å². The van der Waals surface area contributed by atoms with Crippen LogP contribution in [-0.2, 0) is 48.4 Å². The second-order valence-electron chi connectivity index (χ2n) is 9.66. The molecule has 4 aromatic rings. The van der Waals surface area contributed by atoms with Crippen LogP contribution in [-0.4, -0.2) is 44.2 Å². The Balaban J connectivity index is 1.29. The molecular weight excluding hydrogens is 504 g/mol. The highest BCUT2D eigenvalue weighted by Crippen LogP contribution is 2.09. The summed E-state index contributed by atoms with van der Waals surface area (Å²) in [7, 11) is 0. The Morgan fingerprint density at radius 3 is 1.30 bits per heavy atom. The SMILES string of the molecule is O=C(O)[C@H](Cc1ccccc1)NCc1cccc(CCc2cccc(CN[C@@H](Cc3ccccc3)C(=O)O)n2)n1. The van der Waals surface area contributed by atoms with Crippen LogP contribution in [0.1, 0.15) is 33.9 Å². The molecule has 0 saturated carbocycles. The number of hydrogen-bond donors (Lipinski definition) is 4. The minimum Gasteiger partial charge on any atom is -0.480 e. The number of carboxylic acid groups (broad SMARTS) is 2. The Bertz CT molecular complexity index is 1280. The number of rotatable bonds is 15. The van der Waals surface area contributed by atoms with E-state index in [9.17, 15) is 19.8 Å². The van der Waals surface area contributed by atoms with Crippen molar-refractivity contribution in [2.45, 2.75) is 50.9 Å². The van der Waals surface area contributed by atoms with E-state index in [-0.39, 0.29) is 0 Å². The van der Waals surface area contributed by atoms with Gasteiger partial charge in [-0.1, -0.05) is 72.8 Å². The standard InChI is InChI=1S/C32H34N4O4/c37-31(38)29(19-23-9-3-1-4-10-23)33-21-27-15-7-13-25(35-27)17-18-26-14-8-16-28(36-26)22-34-30(32(39)40)20-24-11-5-2-6-12-24/h1-16,29-30,33-34H,17-22H2,(H,37,38)(H,39,40)/t29-,30-/m0/s1. The average Bonchev–Trinajstić information content (AvgIpc) is 2.97. The lowest BCUT2D eigenvalue weighted by Crippen LogP contribution is -2.38. The van der Waals surface area contributed by atoms with Crippen molar-refractivity contribution in [1.82, 2.24) is 20.6 Å². The number of carboxylic acids is 2. The molecule has 0 spiro atoms. The van der Waals surface area contributed by atoms with E-state index >= 15 is 0 Å². The molecule has 0 aliphatic carbocycles. The summed E-state index contributed by atoms with van der Waals surface area (Å²) in [5, 5.41) is 25.5. The van der Waals surface area contributed by atoms with Gasteiger partial charge in [0.15, 0.2) is 0 Å². The van der Waals surface area contributed by atoms with Crippen LogP contribution < -0.4 is 10.6 Å². The van der Waals surface area contributed by atoms with E-state index in [1.807, 2.05) is 97.1 Å². The van der Waals surface area contributed by atoms with Crippen molar-refractivity contribution in [1.29, 1.82) is 0 Å². The minimum absolute atomic E-state index is 0.352. The van der Waals surface area contributed by atoms with Crippen molar-refractivity contribution in [2.24, 2.45) is 0 Å². The second kappa shape index (κ2) is 14.7. The lowest BCUT2D eigenvalue weighted by molar-refractivity contribution is -0.140. The molecule has 0 bridgehead atoms. The average molecular weight is 539 g/mol. The summed E-state index contributed by atoms with van der Waals surface area (Å²) in [5.74, 6) is -1.79. The molecule has 206 valence electrons. The monoisotopic (exact) mass is 538 g/mol. The largest absolute Gasteiger partial charge is 0.480 e. The molecule has 8 heteroatoms. The van der Waals surface area contributed by atoms with E-state index in [2.05, 4.69) is 10.6 Å². The number of benzene rings is 2. The Hall–Kier alpha value is -4.40. The predicted molar refractivity (Wildman–Crippen MR) is 153 cm³/mol. The maximum absolute atomic E-state index is 11.8. The minimum atomic E-state index is -0.893. The lowest BCUT2D eigenvalue weighted by Gasteiger charge is -2.15. The molecule has 4 N–H and O–H groups in total. The summed E-state index contributed by atoms with van der Waals surface area (Å²) < 4.78 is 0. The van der Waals surface area contributed by atoms with Crippen LogP contribution in [0.15, 0.2) is 97.1 Å². The smallest absolute Gasteiger partial charge is 0.321 e. The van der Waals surface area contributed by atoms with Gasteiger partial charge in [-0.3, -0.25) is 30.2 Å². The third-order valence-electron chi connectivity index (χ3n) is 6.59. The molecule has 8 nitrogen and oxygen atoms in total. The normalized spacial score (nSPS) is 12.5. The molecule has 0 unspecified atom stereocenters. The summed E-state index contributed by atoms with van der Waals surface area (Å²) >= 11 is 0. The number of aliphatic carboxylic acids is 2. The van der Waals surface area contributed by atoms with E-state index in [1.165, 1.54) is 0 Å². The highest BCUT2D eigenvalue weighted by atomic mass is 16.4. The molecule has 0 saturated heterocycles. The van der Waals surface area contributed by atoms with Crippen molar-refractivity contribution in [3.05, 3.63) is 131 Å². The van der Waals surface area contributed by atoms with Crippen molar-refractivity contribution in [2.75, 3.05) is 0 Å². The fourth-order valence-electron chi connectivity index (χ4n) is 4.44. The van der Waals surface area contributed by atoms with Crippen LogP contribution >= 0.6 is 0 Å². The van der Waals surface area contributed by atoms with Gasteiger partial charge in [0.1, 0.15) is 12.1 Å². The van der Waals surface area contributed by atoms with Crippen LogP contribution in [0.3, 0.4) is 0 Å². The van der Waals surface area contributed by atoms with Gasteiger partial charge in [-0.2, -0.15) is 0 Å². The fourth-order valence-corrected chi connectivity index (χ4v) is 4.44. The van der Waals surface area contributed by atoms with Crippen LogP contribution in [0.4, 0.5) is 0 Å².